The highest BCUT2D eigenvalue weighted by atomic mass is 16.5. The van der Waals surface area contributed by atoms with E-state index in [1.165, 1.54) is 19.3 Å². The van der Waals surface area contributed by atoms with Gasteiger partial charge >= 0.3 is 5.97 Å². The van der Waals surface area contributed by atoms with Gasteiger partial charge in [0, 0.05) is 12.1 Å². The van der Waals surface area contributed by atoms with Gasteiger partial charge in [-0.3, -0.25) is 4.79 Å². The molecule has 1 saturated carbocycles. The van der Waals surface area contributed by atoms with Crippen LogP contribution < -0.4 is 5.32 Å². The molecule has 2 heterocycles. The van der Waals surface area contributed by atoms with Crippen molar-refractivity contribution in [3.63, 3.8) is 0 Å². The van der Waals surface area contributed by atoms with E-state index < -0.39 is 0 Å². The van der Waals surface area contributed by atoms with Crippen LogP contribution in [0.2, 0.25) is 0 Å². The maximum atomic E-state index is 12.1. The molecule has 0 aromatic heterocycles. The van der Waals surface area contributed by atoms with Crippen LogP contribution in [-0.2, 0) is 9.53 Å². The molecule has 1 aliphatic carbocycles. The minimum absolute atomic E-state index is 0.0730. The number of hydrogen-bond acceptors (Lipinski definition) is 3. The number of fused-ring (bicyclic) bond motifs is 2. The molecule has 2 saturated heterocycles. The summed E-state index contributed by atoms with van der Waals surface area (Å²) in [7, 11) is 0. The molecule has 2 aliphatic heterocycles. The molecule has 17 heavy (non-hydrogen) atoms. The summed E-state index contributed by atoms with van der Waals surface area (Å²) in [5.74, 6) is 0.939. The molecule has 3 heteroatoms. The average molecular weight is 237 g/mol. The Labute approximate surface area is 103 Å². The zero-order valence-corrected chi connectivity index (χ0v) is 10.7. The van der Waals surface area contributed by atoms with Crippen LogP contribution in [0.15, 0.2) is 0 Å². The van der Waals surface area contributed by atoms with Crippen molar-refractivity contribution in [3.05, 3.63) is 0 Å². The monoisotopic (exact) mass is 237 g/mol. The van der Waals surface area contributed by atoms with Gasteiger partial charge in [-0.2, -0.15) is 0 Å². The second-order valence-corrected chi connectivity index (χ2v) is 6.22. The Hall–Kier alpha value is -0.570. The van der Waals surface area contributed by atoms with Crippen molar-refractivity contribution in [3.8, 4) is 0 Å². The second-order valence-electron chi connectivity index (χ2n) is 6.22. The summed E-state index contributed by atoms with van der Waals surface area (Å²) in [6, 6.07) is 0.997. The van der Waals surface area contributed by atoms with Gasteiger partial charge in [0.15, 0.2) is 0 Å². The first kappa shape index (κ1) is 11.5. The Balaban J connectivity index is 1.53. The van der Waals surface area contributed by atoms with Crippen LogP contribution in [0.3, 0.4) is 0 Å². The van der Waals surface area contributed by atoms with Crippen molar-refractivity contribution in [1.82, 2.24) is 5.32 Å². The minimum Gasteiger partial charge on any atom is -0.462 e. The molecule has 5 unspecified atom stereocenters. The third-order valence-electron chi connectivity index (χ3n) is 4.77. The molecule has 96 valence electrons. The molecule has 3 nitrogen and oxygen atoms in total. The molecule has 1 N–H and O–H groups in total. The van der Waals surface area contributed by atoms with Gasteiger partial charge in [0.25, 0.3) is 0 Å². The lowest BCUT2D eigenvalue weighted by Crippen LogP contribution is -2.34. The summed E-state index contributed by atoms with van der Waals surface area (Å²) in [5.41, 5.74) is 0. The molecular weight excluding hydrogens is 214 g/mol. The molecule has 5 atom stereocenters. The molecular formula is C14H23NO2. The molecule has 0 spiro atoms. The number of ether oxygens (including phenoxy) is 1. The first-order chi connectivity index (χ1) is 8.22. The van der Waals surface area contributed by atoms with Crippen molar-refractivity contribution in [2.24, 2.45) is 11.8 Å². The number of hydrogen-bond donors (Lipinski definition) is 1. The number of esters is 1. The van der Waals surface area contributed by atoms with Gasteiger partial charge < -0.3 is 10.1 Å². The fraction of sp³-hybridized carbons (Fsp3) is 0.929. The van der Waals surface area contributed by atoms with E-state index in [2.05, 4.69) is 12.2 Å². The van der Waals surface area contributed by atoms with Crippen molar-refractivity contribution >= 4 is 5.97 Å². The van der Waals surface area contributed by atoms with Gasteiger partial charge in [-0.25, -0.2) is 0 Å². The van der Waals surface area contributed by atoms with E-state index in [-0.39, 0.29) is 18.0 Å². The lowest BCUT2D eigenvalue weighted by Gasteiger charge is -2.28. The first-order valence-electron chi connectivity index (χ1n) is 7.19. The average Bonchev–Trinajstić information content (AvgIpc) is 2.90. The Morgan fingerprint density at radius 3 is 2.71 bits per heavy atom. The van der Waals surface area contributed by atoms with Crippen LogP contribution in [-0.4, -0.2) is 24.2 Å². The predicted molar refractivity (Wildman–Crippen MR) is 65.6 cm³/mol. The van der Waals surface area contributed by atoms with E-state index in [9.17, 15) is 4.79 Å². The molecule has 3 rings (SSSR count). The van der Waals surface area contributed by atoms with E-state index in [4.69, 9.17) is 4.74 Å². The third kappa shape index (κ3) is 2.35. The van der Waals surface area contributed by atoms with Gasteiger partial charge in [0.05, 0.1) is 5.92 Å². The van der Waals surface area contributed by atoms with Gasteiger partial charge in [0.2, 0.25) is 0 Å². The zero-order valence-electron chi connectivity index (χ0n) is 10.7. The molecule has 2 bridgehead atoms. The standard InChI is InChI=1S/C14H23NO2/c1-9-3-2-4-11(7-9)17-14(16)12-8-10-5-6-13(12)15-10/h9-13,15H,2-8H2,1H3. The number of carbonyl (C=O) groups excluding carboxylic acids is 1. The molecule has 0 aromatic carbocycles. The fourth-order valence-corrected chi connectivity index (χ4v) is 3.82. The third-order valence-corrected chi connectivity index (χ3v) is 4.77. The predicted octanol–water partition coefficient (Wildman–Crippen LogP) is 2.25. The molecule has 3 fully saturated rings. The van der Waals surface area contributed by atoms with E-state index in [1.54, 1.807) is 0 Å². The fourth-order valence-electron chi connectivity index (χ4n) is 3.82. The van der Waals surface area contributed by atoms with Gasteiger partial charge in [0.1, 0.15) is 6.10 Å². The van der Waals surface area contributed by atoms with E-state index >= 15 is 0 Å². The van der Waals surface area contributed by atoms with Crippen molar-refractivity contribution < 1.29 is 9.53 Å². The van der Waals surface area contributed by atoms with Crippen LogP contribution in [0.25, 0.3) is 0 Å². The highest BCUT2D eigenvalue weighted by Crippen LogP contribution is 2.35. The number of nitrogens with one attached hydrogen (secondary N) is 1. The first-order valence-corrected chi connectivity index (χ1v) is 7.19. The van der Waals surface area contributed by atoms with E-state index in [1.807, 2.05) is 0 Å². The van der Waals surface area contributed by atoms with Crippen molar-refractivity contribution in [2.45, 2.75) is 70.1 Å². The lowest BCUT2D eigenvalue weighted by molar-refractivity contribution is -0.156. The topological polar surface area (TPSA) is 38.3 Å². The summed E-state index contributed by atoms with van der Waals surface area (Å²) in [5, 5.41) is 3.50. The second kappa shape index (κ2) is 4.60. The Bertz CT molecular complexity index is 305. The van der Waals surface area contributed by atoms with Crippen molar-refractivity contribution in [1.29, 1.82) is 0 Å². The molecule has 0 amide bonds. The Morgan fingerprint density at radius 2 is 2.06 bits per heavy atom. The SMILES string of the molecule is CC1CCCC(OC(=O)C2CC3CCC2N3)C1. The molecule has 0 aromatic rings. The minimum atomic E-state index is 0.0730. The smallest absolute Gasteiger partial charge is 0.310 e. The summed E-state index contributed by atoms with van der Waals surface area (Å²) in [6.07, 6.45) is 8.26. The van der Waals surface area contributed by atoms with Crippen LogP contribution >= 0.6 is 0 Å². The number of carbonyl (C=O) groups is 1. The molecule has 0 radical (unpaired) electrons. The zero-order chi connectivity index (χ0) is 11.8. The van der Waals surface area contributed by atoms with E-state index in [0.717, 1.165) is 31.6 Å². The number of rotatable bonds is 2. The van der Waals surface area contributed by atoms with Crippen LogP contribution in [0, 0.1) is 11.8 Å². The highest BCUT2D eigenvalue weighted by molar-refractivity contribution is 5.74. The van der Waals surface area contributed by atoms with E-state index in [0.29, 0.717) is 12.1 Å². The Kier molecular flexibility index (Phi) is 3.12. The summed E-state index contributed by atoms with van der Waals surface area (Å²) in [6.45, 7) is 2.26. The summed E-state index contributed by atoms with van der Waals surface area (Å²) in [4.78, 5) is 12.1. The maximum absolute atomic E-state index is 12.1. The van der Waals surface area contributed by atoms with Gasteiger partial charge in [-0.1, -0.05) is 13.3 Å². The normalized spacial score (nSPS) is 44.9. The Morgan fingerprint density at radius 1 is 1.18 bits per heavy atom. The lowest BCUT2D eigenvalue weighted by atomic mass is 9.87. The largest absolute Gasteiger partial charge is 0.462 e. The van der Waals surface area contributed by atoms with Gasteiger partial charge in [-0.15, -0.1) is 0 Å². The summed E-state index contributed by atoms with van der Waals surface area (Å²) >= 11 is 0. The van der Waals surface area contributed by atoms with Crippen LogP contribution in [0.1, 0.15) is 51.9 Å². The van der Waals surface area contributed by atoms with Gasteiger partial charge in [-0.05, 0) is 44.4 Å². The molecule has 3 aliphatic rings. The quantitative estimate of drug-likeness (QED) is 0.749. The summed E-state index contributed by atoms with van der Waals surface area (Å²) < 4.78 is 5.72. The van der Waals surface area contributed by atoms with Crippen molar-refractivity contribution in [2.75, 3.05) is 0 Å². The highest BCUT2D eigenvalue weighted by Gasteiger charge is 2.44. The maximum Gasteiger partial charge on any atom is 0.310 e. The van der Waals surface area contributed by atoms with Crippen LogP contribution in [0.4, 0.5) is 0 Å². The van der Waals surface area contributed by atoms with Crippen LogP contribution in [0.5, 0.6) is 0 Å².